The lowest BCUT2D eigenvalue weighted by molar-refractivity contribution is 0.233. The molecule has 4 amide bonds. The monoisotopic (exact) mass is 183 g/mol. The van der Waals surface area contributed by atoms with E-state index in [9.17, 15) is 9.59 Å². The highest BCUT2D eigenvalue weighted by atomic mass is 16.2. The van der Waals surface area contributed by atoms with Crippen molar-refractivity contribution >= 4 is 18.3 Å². The molecule has 0 aliphatic heterocycles. The first-order chi connectivity index (χ1) is 6.16. The maximum atomic E-state index is 10.6. The molecular formula is C6H9N5O2. The zero-order valence-corrected chi connectivity index (χ0v) is 6.78. The predicted octanol–water partition coefficient (Wildman–Crippen LogP) is -0.346. The topological polar surface area (TPSA) is 120 Å². The van der Waals surface area contributed by atoms with Crippen LogP contribution in [0.4, 0.5) is 9.59 Å². The summed E-state index contributed by atoms with van der Waals surface area (Å²) in [6.07, 6.45) is 1.96. The predicted molar refractivity (Wildman–Crippen MR) is 44.6 cm³/mol. The van der Waals surface area contributed by atoms with Crippen molar-refractivity contribution in [2.75, 3.05) is 0 Å². The van der Waals surface area contributed by atoms with Crippen molar-refractivity contribution in [1.82, 2.24) is 10.9 Å². The van der Waals surface area contributed by atoms with Gasteiger partial charge in [0, 0.05) is 12.6 Å². The van der Waals surface area contributed by atoms with Gasteiger partial charge in [0.1, 0.15) is 0 Å². The average molecular weight is 183 g/mol. The van der Waals surface area contributed by atoms with Crippen LogP contribution in [0.3, 0.4) is 0 Å². The number of hydrogen-bond acceptors (Lipinski definition) is 3. The summed E-state index contributed by atoms with van der Waals surface area (Å²) in [6, 6.07) is 0.265. The van der Waals surface area contributed by atoms with E-state index in [-0.39, 0.29) is 0 Å². The molecule has 0 saturated heterocycles. The average Bonchev–Trinajstić information content (AvgIpc) is 2.09. The number of nitrogens with zero attached hydrogens (tertiary/aromatic N) is 2. The Morgan fingerprint density at radius 3 is 2.77 bits per heavy atom. The number of carbonyl (C=O) groups is 2. The van der Waals surface area contributed by atoms with E-state index < -0.39 is 12.1 Å². The fraction of sp³-hybridized carbons (Fsp3) is 0.333. The van der Waals surface area contributed by atoms with Gasteiger partial charge in [0.25, 0.3) is 0 Å². The number of primary amides is 1. The number of urea groups is 2. The van der Waals surface area contributed by atoms with E-state index in [1.165, 1.54) is 6.21 Å². The van der Waals surface area contributed by atoms with Crippen LogP contribution in [0.25, 0.3) is 0 Å². The summed E-state index contributed by atoms with van der Waals surface area (Å²) >= 11 is 0. The summed E-state index contributed by atoms with van der Waals surface area (Å²) in [5, 5.41) is 8.12. The quantitative estimate of drug-likeness (QED) is 0.308. The Labute approximate surface area is 74.6 Å². The van der Waals surface area contributed by atoms with Gasteiger partial charge in [-0.25, -0.2) is 25.4 Å². The van der Waals surface area contributed by atoms with Crippen LogP contribution in [0.2, 0.25) is 0 Å². The molecule has 0 aliphatic rings. The number of hydrazine groups is 1. The molecule has 13 heavy (non-hydrogen) atoms. The van der Waals surface area contributed by atoms with Gasteiger partial charge in [0.15, 0.2) is 0 Å². The standard InChI is InChI=1S/C6H9N5O2/c7-3-1-2-4-9-6(13)11-10-5(8)12/h4H,1-2H2,(H,11,13)(H3,8,10,12). The second-order valence-electron chi connectivity index (χ2n) is 1.93. The Morgan fingerprint density at radius 1 is 1.54 bits per heavy atom. The van der Waals surface area contributed by atoms with E-state index >= 15 is 0 Å². The van der Waals surface area contributed by atoms with Crippen LogP contribution in [0.5, 0.6) is 0 Å². The van der Waals surface area contributed by atoms with Gasteiger partial charge in [-0.3, -0.25) is 0 Å². The zero-order valence-electron chi connectivity index (χ0n) is 6.78. The summed E-state index contributed by atoms with van der Waals surface area (Å²) in [4.78, 5) is 24.1. The van der Waals surface area contributed by atoms with Gasteiger partial charge in [-0.1, -0.05) is 0 Å². The fourth-order valence-electron chi connectivity index (χ4n) is 0.424. The number of rotatable bonds is 2. The van der Waals surface area contributed by atoms with Gasteiger partial charge in [-0.2, -0.15) is 5.26 Å². The Bertz CT molecular complexity index is 254. The van der Waals surface area contributed by atoms with Gasteiger partial charge in [-0.15, -0.1) is 0 Å². The molecule has 0 atom stereocenters. The number of amides is 4. The van der Waals surface area contributed by atoms with E-state index in [0.717, 1.165) is 0 Å². The van der Waals surface area contributed by atoms with Gasteiger partial charge in [0.05, 0.1) is 6.07 Å². The van der Waals surface area contributed by atoms with Crippen molar-refractivity contribution in [1.29, 1.82) is 5.26 Å². The van der Waals surface area contributed by atoms with Crippen molar-refractivity contribution in [2.24, 2.45) is 10.7 Å². The number of nitrogens with one attached hydrogen (secondary N) is 2. The third-order valence-electron chi connectivity index (χ3n) is 0.886. The lowest BCUT2D eigenvalue weighted by Crippen LogP contribution is -2.43. The lowest BCUT2D eigenvalue weighted by atomic mass is 10.4. The van der Waals surface area contributed by atoms with Crippen LogP contribution in [-0.4, -0.2) is 18.3 Å². The van der Waals surface area contributed by atoms with Crippen molar-refractivity contribution < 1.29 is 9.59 Å². The van der Waals surface area contributed by atoms with Gasteiger partial charge in [-0.05, 0) is 6.42 Å². The van der Waals surface area contributed by atoms with Crippen molar-refractivity contribution in [2.45, 2.75) is 12.8 Å². The minimum absolute atomic E-state index is 0.292. The third-order valence-corrected chi connectivity index (χ3v) is 0.886. The highest BCUT2D eigenvalue weighted by molar-refractivity contribution is 5.85. The Kier molecular flexibility index (Phi) is 5.53. The molecule has 0 radical (unpaired) electrons. The van der Waals surface area contributed by atoms with Crippen LogP contribution in [0.15, 0.2) is 4.99 Å². The molecular weight excluding hydrogens is 174 g/mol. The molecule has 0 heterocycles. The molecule has 0 unspecified atom stereocenters. The molecule has 0 aliphatic carbocycles. The molecule has 0 fully saturated rings. The lowest BCUT2D eigenvalue weighted by Gasteiger charge is -1.98. The van der Waals surface area contributed by atoms with Crippen LogP contribution in [-0.2, 0) is 0 Å². The molecule has 0 spiro atoms. The van der Waals surface area contributed by atoms with Crippen molar-refractivity contribution in [3.05, 3.63) is 0 Å². The smallest absolute Gasteiger partial charge is 0.350 e. The normalized spacial score (nSPS) is 9.15. The maximum Gasteiger partial charge on any atom is 0.359 e. The number of aliphatic imine (C=N–C) groups is 1. The van der Waals surface area contributed by atoms with Crippen molar-refractivity contribution in [3.63, 3.8) is 0 Å². The number of nitriles is 1. The van der Waals surface area contributed by atoms with E-state index in [1.54, 1.807) is 0 Å². The Balaban J connectivity index is 3.56. The van der Waals surface area contributed by atoms with E-state index in [1.807, 2.05) is 16.9 Å². The van der Waals surface area contributed by atoms with E-state index in [2.05, 4.69) is 10.7 Å². The highest BCUT2D eigenvalue weighted by Crippen LogP contribution is 1.81. The number of nitrogens with two attached hydrogens (primary N) is 1. The second-order valence-corrected chi connectivity index (χ2v) is 1.93. The van der Waals surface area contributed by atoms with E-state index in [0.29, 0.717) is 12.8 Å². The van der Waals surface area contributed by atoms with Gasteiger partial charge < -0.3 is 5.73 Å². The Hall–Kier alpha value is -2.10. The first-order valence-electron chi connectivity index (χ1n) is 3.41. The molecule has 0 aromatic rings. The molecule has 0 saturated carbocycles. The van der Waals surface area contributed by atoms with Crippen LogP contribution in [0, 0.1) is 11.3 Å². The van der Waals surface area contributed by atoms with E-state index in [4.69, 9.17) is 5.26 Å². The van der Waals surface area contributed by atoms with Gasteiger partial charge >= 0.3 is 12.1 Å². The molecule has 4 N–H and O–H groups in total. The first kappa shape index (κ1) is 10.9. The number of hydrogen-bond donors (Lipinski definition) is 3. The van der Waals surface area contributed by atoms with Crippen LogP contribution in [0.1, 0.15) is 12.8 Å². The molecule has 0 rings (SSSR count). The minimum Gasteiger partial charge on any atom is -0.350 e. The molecule has 70 valence electrons. The summed E-state index contributed by atoms with van der Waals surface area (Å²) in [7, 11) is 0. The first-order valence-corrected chi connectivity index (χ1v) is 3.41. The van der Waals surface area contributed by atoms with Gasteiger partial charge in [0.2, 0.25) is 0 Å². The maximum absolute atomic E-state index is 10.6. The summed E-state index contributed by atoms with van der Waals surface area (Å²) in [6.45, 7) is 0. The number of carbonyl (C=O) groups excluding carboxylic acids is 2. The van der Waals surface area contributed by atoms with Crippen molar-refractivity contribution in [3.8, 4) is 6.07 Å². The second kappa shape index (κ2) is 6.60. The summed E-state index contributed by atoms with van der Waals surface area (Å²) in [5.41, 5.74) is 8.42. The molecule has 0 bridgehead atoms. The molecule has 7 nitrogen and oxygen atoms in total. The summed E-state index contributed by atoms with van der Waals surface area (Å²) < 4.78 is 0. The highest BCUT2D eigenvalue weighted by Gasteiger charge is 1.95. The largest absolute Gasteiger partial charge is 0.359 e. The van der Waals surface area contributed by atoms with Crippen LogP contribution < -0.4 is 16.6 Å². The molecule has 0 aromatic carbocycles. The number of unbranched alkanes of at least 4 members (excludes halogenated alkanes) is 1. The SMILES string of the molecule is N#CCCC=NC(=O)NNC(N)=O. The fourth-order valence-corrected chi connectivity index (χ4v) is 0.424. The summed E-state index contributed by atoms with van der Waals surface area (Å²) in [5.74, 6) is 0. The zero-order chi connectivity index (χ0) is 10.1. The van der Waals surface area contributed by atoms with Crippen LogP contribution >= 0.6 is 0 Å². The minimum atomic E-state index is -0.874. The Morgan fingerprint density at radius 2 is 2.23 bits per heavy atom. The molecule has 0 aromatic heterocycles. The molecule has 7 heteroatoms. The third kappa shape index (κ3) is 7.80.